The number of carbonyl (C=O) groups excluding carboxylic acids is 2. The van der Waals surface area contributed by atoms with E-state index in [1.165, 1.54) is 0 Å². The van der Waals surface area contributed by atoms with Crippen LogP contribution in [0.2, 0.25) is 0 Å². The lowest BCUT2D eigenvalue weighted by molar-refractivity contribution is -0.129. The van der Waals surface area contributed by atoms with Crippen LogP contribution in [0.25, 0.3) is 28.2 Å². The van der Waals surface area contributed by atoms with Gasteiger partial charge in [0.15, 0.2) is 0 Å². The number of hydrogen-bond donors (Lipinski definition) is 3. The van der Waals surface area contributed by atoms with Gasteiger partial charge in [-0.25, -0.2) is 9.78 Å². The Kier molecular flexibility index (Phi) is 6.33. The number of pyridine rings is 1. The summed E-state index contributed by atoms with van der Waals surface area (Å²) in [5, 5.41) is 11.7. The highest BCUT2D eigenvalue weighted by Crippen LogP contribution is 2.34. The van der Waals surface area contributed by atoms with Gasteiger partial charge in [-0.05, 0) is 51.0 Å². The molecule has 0 unspecified atom stereocenters. The fourth-order valence-electron chi connectivity index (χ4n) is 4.02. The van der Waals surface area contributed by atoms with Crippen LogP contribution in [-0.2, 0) is 10.3 Å². The van der Waals surface area contributed by atoms with Crippen molar-refractivity contribution in [1.29, 1.82) is 0 Å². The van der Waals surface area contributed by atoms with E-state index in [0.717, 1.165) is 12.8 Å². The Bertz CT molecular complexity index is 1500. The number of nitrogens with zero attached hydrogens (tertiary/aromatic N) is 4. The number of nitrogens with one attached hydrogen (secondary N) is 3. The third-order valence-electron chi connectivity index (χ3n) is 6.27. The summed E-state index contributed by atoms with van der Waals surface area (Å²) in [5.41, 5.74) is 2.69. The van der Waals surface area contributed by atoms with E-state index >= 15 is 0 Å². The Morgan fingerprint density at radius 2 is 1.87 bits per heavy atom. The second-order valence-electron chi connectivity index (χ2n) is 9.72. The Hall–Kier alpha value is -4.35. The predicted octanol–water partition coefficient (Wildman–Crippen LogP) is 4.56. The second kappa shape index (κ2) is 9.51. The maximum absolute atomic E-state index is 12.8. The molecule has 1 aromatic carbocycles. The van der Waals surface area contributed by atoms with Crippen LogP contribution in [0.15, 0.2) is 61.1 Å². The van der Waals surface area contributed by atoms with Gasteiger partial charge in [-0.1, -0.05) is 18.2 Å². The first-order valence-electron chi connectivity index (χ1n) is 12.1. The minimum atomic E-state index is -4.51. The highest BCUT2D eigenvalue weighted by Gasteiger charge is 2.35. The first-order chi connectivity index (χ1) is 18.0. The largest absolute Gasteiger partial charge is 0.405 e. The zero-order valence-electron chi connectivity index (χ0n) is 20.7. The number of rotatable bonds is 7. The zero-order chi connectivity index (χ0) is 27.1. The molecule has 1 aliphatic rings. The van der Waals surface area contributed by atoms with Crippen LogP contribution < -0.4 is 16.0 Å². The molecule has 5 rings (SSSR count). The molecule has 0 bridgehead atoms. The normalized spacial score (nSPS) is 13.9. The summed E-state index contributed by atoms with van der Waals surface area (Å²) in [5.74, 6) is -0.118. The molecule has 4 aromatic rings. The lowest BCUT2D eigenvalue weighted by Gasteiger charge is -2.24. The summed E-state index contributed by atoms with van der Waals surface area (Å²) in [7, 11) is 0. The summed E-state index contributed by atoms with van der Waals surface area (Å²) in [6.07, 6.45) is 2.70. The van der Waals surface area contributed by atoms with Crippen molar-refractivity contribution in [3.63, 3.8) is 0 Å². The van der Waals surface area contributed by atoms with Gasteiger partial charge < -0.3 is 16.0 Å². The van der Waals surface area contributed by atoms with Crippen LogP contribution >= 0.6 is 0 Å². The van der Waals surface area contributed by atoms with Gasteiger partial charge in [0.25, 0.3) is 0 Å². The maximum Gasteiger partial charge on any atom is 0.405 e. The molecule has 38 heavy (non-hydrogen) atoms. The lowest BCUT2D eigenvalue weighted by atomic mass is 10.0. The minimum absolute atomic E-state index is 0.118. The topological polar surface area (TPSA) is 105 Å². The minimum Gasteiger partial charge on any atom is -0.351 e. The average Bonchev–Trinajstić information content (AvgIpc) is 3.38. The fourth-order valence-corrected chi connectivity index (χ4v) is 4.02. The number of carbonyl (C=O) groups is 2. The molecule has 0 atom stereocenters. The van der Waals surface area contributed by atoms with Crippen LogP contribution in [-0.4, -0.2) is 49.9 Å². The number of amides is 3. The molecule has 3 heterocycles. The second-order valence-corrected chi connectivity index (χ2v) is 9.72. The van der Waals surface area contributed by atoms with Crippen LogP contribution in [0.5, 0.6) is 0 Å². The van der Waals surface area contributed by atoms with Gasteiger partial charge in [-0.15, -0.1) is 0 Å². The van der Waals surface area contributed by atoms with E-state index in [9.17, 15) is 22.8 Å². The summed E-state index contributed by atoms with van der Waals surface area (Å²) < 4.78 is 40.8. The standard InChI is InChI=1S/C26H26F3N7O2/c1-25(2,23(37)32-18-9-10-18)36-14-17(13-31-36)21-22(35-11-4-3-8-20(35)34-21)16-6-5-7-19(12-16)33-24(38)30-15-26(27,28)29/h3-8,11-14,18H,9-10,15H2,1-2H3,(H,32,37)(H2,30,33,38). The van der Waals surface area contributed by atoms with E-state index in [2.05, 4.69) is 15.7 Å². The summed E-state index contributed by atoms with van der Waals surface area (Å²) >= 11 is 0. The van der Waals surface area contributed by atoms with Crippen molar-refractivity contribution < 1.29 is 22.8 Å². The maximum atomic E-state index is 12.8. The summed E-state index contributed by atoms with van der Waals surface area (Å²) in [6, 6.07) is 11.5. The molecule has 9 nitrogen and oxygen atoms in total. The molecular formula is C26H26F3N7O2. The highest BCUT2D eigenvalue weighted by atomic mass is 19.4. The Balaban J connectivity index is 1.48. The molecule has 0 radical (unpaired) electrons. The molecule has 198 valence electrons. The van der Waals surface area contributed by atoms with Crippen LogP contribution in [0.4, 0.5) is 23.7 Å². The van der Waals surface area contributed by atoms with E-state index in [1.807, 2.05) is 34.9 Å². The summed E-state index contributed by atoms with van der Waals surface area (Å²) in [6.45, 7) is 2.16. The Morgan fingerprint density at radius 1 is 1.08 bits per heavy atom. The van der Waals surface area contributed by atoms with Gasteiger partial charge in [0, 0.05) is 35.2 Å². The molecule has 3 amide bonds. The van der Waals surface area contributed by atoms with E-state index in [0.29, 0.717) is 33.8 Å². The number of fused-ring (bicyclic) bond motifs is 1. The van der Waals surface area contributed by atoms with Gasteiger partial charge in [0.05, 0.1) is 11.9 Å². The van der Waals surface area contributed by atoms with E-state index < -0.39 is 24.3 Å². The third-order valence-corrected chi connectivity index (χ3v) is 6.27. The van der Waals surface area contributed by atoms with Gasteiger partial charge in [-0.2, -0.15) is 18.3 Å². The number of urea groups is 1. The van der Waals surface area contributed by atoms with Gasteiger partial charge in [-0.3, -0.25) is 13.9 Å². The highest BCUT2D eigenvalue weighted by molar-refractivity contribution is 5.91. The van der Waals surface area contributed by atoms with E-state index in [4.69, 9.17) is 4.98 Å². The number of anilines is 1. The molecular weight excluding hydrogens is 499 g/mol. The molecule has 1 aliphatic carbocycles. The van der Waals surface area contributed by atoms with Crippen molar-refractivity contribution in [1.82, 2.24) is 29.8 Å². The van der Waals surface area contributed by atoms with Crippen molar-refractivity contribution in [3.8, 4) is 22.5 Å². The molecule has 1 fully saturated rings. The number of benzene rings is 1. The molecule has 0 saturated heterocycles. The van der Waals surface area contributed by atoms with Gasteiger partial charge in [0.2, 0.25) is 5.91 Å². The number of alkyl halides is 3. The van der Waals surface area contributed by atoms with Crippen LogP contribution in [0.3, 0.4) is 0 Å². The van der Waals surface area contributed by atoms with Gasteiger partial charge >= 0.3 is 12.2 Å². The molecule has 0 aliphatic heterocycles. The predicted molar refractivity (Wildman–Crippen MR) is 135 cm³/mol. The SMILES string of the molecule is CC(C)(C(=O)NC1CC1)n1cc(-c2nc3ccccn3c2-c2cccc(NC(=O)NCC(F)(F)F)c2)cn1. The Labute approximate surface area is 216 Å². The average molecular weight is 526 g/mol. The van der Waals surface area contributed by atoms with Gasteiger partial charge in [0.1, 0.15) is 23.4 Å². The molecule has 3 aromatic heterocycles. The summed E-state index contributed by atoms with van der Waals surface area (Å²) in [4.78, 5) is 29.6. The first-order valence-corrected chi connectivity index (χ1v) is 12.1. The third kappa shape index (κ3) is 5.34. The smallest absolute Gasteiger partial charge is 0.351 e. The van der Waals surface area contributed by atoms with Crippen molar-refractivity contribution in [2.45, 2.75) is 44.4 Å². The van der Waals surface area contributed by atoms with Crippen LogP contribution in [0, 0.1) is 0 Å². The first kappa shape index (κ1) is 25.3. The lowest BCUT2D eigenvalue weighted by Crippen LogP contribution is -2.45. The number of hydrogen-bond acceptors (Lipinski definition) is 4. The number of aromatic nitrogens is 4. The van der Waals surface area contributed by atoms with E-state index in [-0.39, 0.29) is 11.9 Å². The quantitative estimate of drug-likeness (QED) is 0.329. The zero-order valence-corrected chi connectivity index (χ0v) is 20.7. The van der Waals surface area contributed by atoms with Crippen molar-refractivity contribution >= 4 is 23.3 Å². The van der Waals surface area contributed by atoms with Crippen molar-refractivity contribution in [2.75, 3.05) is 11.9 Å². The number of halogens is 3. The molecule has 3 N–H and O–H groups in total. The number of imidazole rings is 1. The van der Waals surface area contributed by atoms with Crippen LogP contribution in [0.1, 0.15) is 26.7 Å². The molecule has 0 spiro atoms. The fraction of sp³-hybridized carbons (Fsp3) is 0.308. The monoisotopic (exact) mass is 525 g/mol. The van der Waals surface area contributed by atoms with E-state index in [1.54, 1.807) is 54.4 Å². The van der Waals surface area contributed by atoms with Crippen molar-refractivity contribution in [3.05, 3.63) is 61.1 Å². The molecule has 1 saturated carbocycles. The van der Waals surface area contributed by atoms with Crippen molar-refractivity contribution in [2.24, 2.45) is 0 Å². The Morgan fingerprint density at radius 3 is 2.61 bits per heavy atom. The molecule has 12 heteroatoms.